The van der Waals surface area contributed by atoms with Gasteiger partial charge in [-0.2, -0.15) is 0 Å². The zero-order valence-electron chi connectivity index (χ0n) is 13.2. The molecule has 0 saturated carbocycles. The minimum absolute atomic E-state index is 0.126. The molecule has 0 saturated heterocycles. The lowest BCUT2D eigenvalue weighted by molar-refractivity contribution is 0.829. The molecule has 1 aliphatic heterocycles. The van der Waals surface area contributed by atoms with Gasteiger partial charge in [0.2, 0.25) is 0 Å². The minimum Gasteiger partial charge on any atom is -0.359 e. The quantitative estimate of drug-likeness (QED) is 0.734. The highest BCUT2D eigenvalue weighted by Gasteiger charge is 2.30. The van der Waals surface area contributed by atoms with Gasteiger partial charge in [0.25, 0.3) is 0 Å². The molecule has 3 aromatic rings. The molecule has 112 valence electrons. The van der Waals surface area contributed by atoms with Crippen LogP contribution >= 0.6 is 0 Å². The van der Waals surface area contributed by atoms with Crippen LogP contribution in [0.4, 0.5) is 17.1 Å². The highest BCUT2D eigenvalue weighted by molar-refractivity contribution is 6.51. The molecule has 4 rings (SSSR count). The van der Waals surface area contributed by atoms with E-state index < -0.39 is 0 Å². The predicted octanol–water partition coefficient (Wildman–Crippen LogP) is 4.06. The number of anilines is 3. The van der Waals surface area contributed by atoms with Crippen LogP contribution in [0.1, 0.15) is 11.7 Å². The second-order valence-electron chi connectivity index (χ2n) is 5.86. The van der Waals surface area contributed by atoms with Crippen molar-refractivity contribution in [3.05, 3.63) is 84.4 Å². The molecule has 3 heteroatoms. The second-order valence-corrected chi connectivity index (χ2v) is 5.86. The maximum absolute atomic E-state index is 3.66. The van der Waals surface area contributed by atoms with E-state index in [1.807, 2.05) is 0 Å². The molecule has 2 nitrogen and oxygen atoms in total. The lowest BCUT2D eigenvalue weighted by Crippen LogP contribution is -2.24. The van der Waals surface area contributed by atoms with E-state index in [0.29, 0.717) is 0 Å². The molecule has 1 unspecified atom stereocenters. The molecule has 0 radical (unpaired) electrons. The first-order valence-corrected chi connectivity index (χ1v) is 8.15. The van der Waals surface area contributed by atoms with Crippen molar-refractivity contribution >= 4 is 29.8 Å². The molecule has 0 aliphatic carbocycles. The van der Waals surface area contributed by atoms with Crippen molar-refractivity contribution in [1.29, 1.82) is 0 Å². The number of para-hydroxylation sites is 3. The third kappa shape index (κ3) is 2.48. The molecular formula is C20H19BN2. The van der Waals surface area contributed by atoms with Crippen molar-refractivity contribution in [2.75, 3.05) is 10.2 Å². The van der Waals surface area contributed by atoms with E-state index in [0.717, 1.165) is 7.28 Å². The Hall–Kier alpha value is -2.68. The molecule has 1 N–H and O–H groups in total. The zero-order chi connectivity index (χ0) is 15.6. The molecule has 3 aromatic carbocycles. The van der Waals surface area contributed by atoms with E-state index >= 15 is 0 Å². The van der Waals surface area contributed by atoms with Crippen molar-refractivity contribution in [2.24, 2.45) is 0 Å². The van der Waals surface area contributed by atoms with Crippen molar-refractivity contribution in [2.45, 2.75) is 13.0 Å². The Morgan fingerprint density at radius 3 is 2.26 bits per heavy atom. The summed E-state index contributed by atoms with van der Waals surface area (Å²) in [6.45, 7) is 2.19. The monoisotopic (exact) mass is 298 g/mol. The van der Waals surface area contributed by atoms with Crippen LogP contribution in [0, 0.1) is 0 Å². The van der Waals surface area contributed by atoms with Gasteiger partial charge < -0.3 is 10.2 Å². The molecule has 0 fully saturated rings. The largest absolute Gasteiger partial charge is 0.359 e. The average Bonchev–Trinajstić information content (AvgIpc) is 3.02. The van der Waals surface area contributed by atoms with Gasteiger partial charge in [-0.3, -0.25) is 0 Å². The molecule has 23 heavy (non-hydrogen) atoms. The Labute approximate surface area is 138 Å². The van der Waals surface area contributed by atoms with Crippen molar-refractivity contribution in [3.8, 4) is 0 Å². The summed E-state index contributed by atoms with van der Waals surface area (Å²) in [6.07, 6.45) is 0.126. The fourth-order valence-corrected chi connectivity index (χ4v) is 3.20. The Bertz CT molecular complexity index is 799. The first-order chi connectivity index (χ1) is 11.4. The Kier molecular flexibility index (Phi) is 3.54. The summed E-state index contributed by atoms with van der Waals surface area (Å²) in [5, 5.41) is 3.66. The van der Waals surface area contributed by atoms with Gasteiger partial charge in [-0.15, -0.1) is 0 Å². The fourth-order valence-electron chi connectivity index (χ4n) is 3.20. The van der Waals surface area contributed by atoms with Crippen LogP contribution in [0.3, 0.4) is 0 Å². The summed E-state index contributed by atoms with van der Waals surface area (Å²) in [7, 11) is 1.07. The number of rotatable bonds is 3. The molecule has 0 bridgehead atoms. The predicted molar refractivity (Wildman–Crippen MR) is 100 cm³/mol. The molecule has 1 aliphatic rings. The van der Waals surface area contributed by atoms with Crippen LogP contribution in [0.15, 0.2) is 78.9 Å². The van der Waals surface area contributed by atoms with E-state index in [2.05, 4.69) is 95.9 Å². The second kappa shape index (κ2) is 5.84. The van der Waals surface area contributed by atoms with Crippen LogP contribution in [0.2, 0.25) is 6.82 Å². The first kappa shape index (κ1) is 14.0. The van der Waals surface area contributed by atoms with Gasteiger partial charge in [0.1, 0.15) is 6.17 Å². The van der Waals surface area contributed by atoms with Gasteiger partial charge in [-0.1, -0.05) is 66.9 Å². The van der Waals surface area contributed by atoms with Gasteiger partial charge in [0.05, 0.1) is 11.4 Å². The highest BCUT2D eigenvalue weighted by atomic mass is 15.3. The zero-order valence-corrected chi connectivity index (χ0v) is 13.2. The van der Waals surface area contributed by atoms with Gasteiger partial charge >= 0.3 is 0 Å². The molecule has 0 aromatic heterocycles. The van der Waals surface area contributed by atoms with Crippen LogP contribution in [-0.4, -0.2) is 7.28 Å². The number of hydrogen-bond donors (Lipinski definition) is 1. The summed E-state index contributed by atoms with van der Waals surface area (Å²) < 4.78 is 0. The van der Waals surface area contributed by atoms with Gasteiger partial charge in [-0.05, 0) is 29.8 Å². The summed E-state index contributed by atoms with van der Waals surface area (Å²) in [5.41, 5.74) is 6.26. The Morgan fingerprint density at radius 2 is 1.52 bits per heavy atom. The minimum atomic E-state index is 0.126. The SMILES string of the molecule is CBc1ccc(C2Nc3ccccc3N2c2ccccc2)cc1. The maximum atomic E-state index is 3.66. The standard InChI is InChI=1S/C20H19BN2/c1-21-16-13-11-15(12-14-16)20-22-18-9-5-6-10-19(18)23(20)17-7-3-2-4-8-17/h2-14,20-22H,1H3. The topological polar surface area (TPSA) is 15.3 Å². The van der Waals surface area contributed by atoms with E-state index in [9.17, 15) is 0 Å². The summed E-state index contributed by atoms with van der Waals surface area (Å²) in [6, 6.07) is 28.0. The fraction of sp³-hybridized carbons (Fsp3) is 0.100. The summed E-state index contributed by atoms with van der Waals surface area (Å²) >= 11 is 0. The third-order valence-corrected chi connectivity index (χ3v) is 4.45. The van der Waals surface area contributed by atoms with Crippen molar-refractivity contribution in [3.63, 3.8) is 0 Å². The maximum Gasteiger partial charge on any atom is 0.154 e. The molecule has 0 amide bonds. The molecular weight excluding hydrogens is 279 g/mol. The third-order valence-electron chi connectivity index (χ3n) is 4.45. The number of nitrogens with one attached hydrogen (secondary N) is 1. The lowest BCUT2D eigenvalue weighted by Gasteiger charge is -2.27. The van der Waals surface area contributed by atoms with E-state index in [1.54, 1.807) is 0 Å². The van der Waals surface area contributed by atoms with Crippen LogP contribution in [0.25, 0.3) is 0 Å². The smallest absolute Gasteiger partial charge is 0.154 e. The van der Waals surface area contributed by atoms with Crippen molar-refractivity contribution < 1.29 is 0 Å². The Morgan fingerprint density at radius 1 is 0.826 bits per heavy atom. The van der Waals surface area contributed by atoms with Crippen molar-refractivity contribution in [1.82, 2.24) is 0 Å². The number of hydrogen-bond acceptors (Lipinski definition) is 2. The first-order valence-electron chi connectivity index (χ1n) is 8.15. The summed E-state index contributed by atoms with van der Waals surface area (Å²) in [4.78, 5) is 2.37. The molecule has 0 spiro atoms. The van der Waals surface area contributed by atoms with Crippen LogP contribution in [0.5, 0.6) is 0 Å². The molecule has 1 heterocycles. The molecule has 1 atom stereocenters. The normalized spacial score (nSPS) is 15.9. The highest BCUT2D eigenvalue weighted by Crippen LogP contribution is 2.45. The number of benzene rings is 3. The average molecular weight is 298 g/mol. The van der Waals surface area contributed by atoms with Gasteiger partial charge in [0.15, 0.2) is 7.28 Å². The van der Waals surface area contributed by atoms with E-state index in [4.69, 9.17) is 0 Å². The van der Waals surface area contributed by atoms with E-state index in [-0.39, 0.29) is 6.17 Å². The van der Waals surface area contributed by atoms with Gasteiger partial charge in [0, 0.05) is 5.69 Å². The van der Waals surface area contributed by atoms with Crippen LogP contribution in [-0.2, 0) is 0 Å². The van der Waals surface area contributed by atoms with Crippen LogP contribution < -0.4 is 15.7 Å². The number of nitrogens with zero attached hydrogens (tertiary/aromatic N) is 1. The van der Waals surface area contributed by atoms with E-state index in [1.165, 1.54) is 28.1 Å². The number of fused-ring (bicyclic) bond motifs is 1. The Balaban J connectivity index is 1.79. The van der Waals surface area contributed by atoms with Gasteiger partial charge in [-0.25, -0.2) is 0 Å². The summed E-state index contributed by atoms with van der Waals surface area (Å²) in [5.74, 6) is 0. The lowest BCUT2D eigenvalue weighted by atomic mass is 9.73.